The van der Waals surface area contributed by atoms with Crippen LogP contribution in [0.2, 0.25) is 5.02 Å². The van der Waals surface area contributed by atoms with Gasteiger partial charge in [-0.15, -0.1) is 0 Å². The van der Waals surface area contributed by atoms with E-state index in [1.807, 2.05) is 12.1 Å². The number of likely N-dealkylation sites (tertiary alicyclic amines) is 1. The zero-order valence-electron chi connectivity index (χ0n) is 10.2. The number of para-hydroxylation sites is 1. The summed E-state index contributed by atoms with van der Waals surface area (Å²) in [6.07, 6.45) is 1.49. The summed E-state index contributed by atoms with van der Waals surface area (Å²) >= 11 is 5.97. The van der Waals surface area contributed by atoms with E-state index in [2.05, 4.69) is 10.2 Å². The summed E-state index contributed by atoms with van der Waals surface area (Å²) in [4.78, 5) is 14.0. The Hall–Kier alpha value is -1.10. The van der Waals surface area contributed by atoms with Crippen LogP contribution in [0.3, 0.4) is 0 Å². The molecule has 1 aliphatic rings. The largest absolute Gasteiger partial charge is 0.326 e. The van der Waals surface area contributed by atoms with E-state index in [1.165, 1.54) is 0 Å². The summed E-state index contributed by atoms with van der Waals surface area (Å²) < 4.78 is 0. The quantitative estimate of drug-likeness (QED) is 0.873. The van der Waals surface area contributed by atoms with Gasteiger partial charge < -0.3 is 16.0 Å². The van der Waals surface area contributed by atoms with Crippen LogP contribution in [0.4, 0.5) is 5.69 Å². The van der Waals surface area contributed by atoms with E-state index in [9.17, 15) is 4.79 Å². The van der Waals surface area contributed by atoms with E-state index >= 15 is 0 Å². The van der Waals surface area contributed by atoms with E-state index in [4.69, 9.17) is 17.3 Å². The molecule has 1 aromatic carbocycles. The van der Waals surface area contributed by atoms with Gasteiger partial charge in [0.1, 0.15) is 0 Å². The Labute approximate surface area is 112 Å². The van der Waals surface area contributed by atoms with Gasteiger partial charge in [0.15, 0.2) is 0 Å². The van der Waals surface area contributed by atoms with Crippen molar-refractivity contribution in [3.05, 3.63) is 29.3 Å². The number of hydrogen-bond donors (Lipinski definition) is 2. The number of carbonyl (C=O) groups excluding carboxylic acids is 1. The lowest BCUT2D eigenvalue weighted by Gasteiger charge is -2.14. The van der Waals surface area contributed by atoms with E-state index in [0.717, 1.165) is 26.1 Å². The lowest BCUT2D eigenvalue weighted by atomic mass is 10.3. The van der Waals surface area contributed by atoms with Crippen LogP contribution in [0.25, 0.3) is 0 Å². The van der Waals surface area contributed by atoms with Crippen molar-refractivity contribution in [1.82, 2.24) is 4.90 Å². The molecule has 1 atom stereocenters. The first kappa shape index (κ1) is 13.3. The molecule has 0 spiro atoms. The Morgan fingerprint density at radius 3 is 2.94 bits per heavy atom. The number of nitrogens with two attached hydrogens (primary N) is 1. The molecule has 18 heavy (non-hydrogen) atoms. The second-order valence-electron chi connectivity index (χ2n) is 4.63. The molecule has 0 unspecified atom stereocenters. The molecule has 1 fully saturated rings. The first-order valence-corrected chi connectivity index (χ1v) is 6.55. The number of halogens is 1. The molecule has 1 amide bonds. The molecule has 0 aromatic heterocycles. The van der Waals surface area contributed by atoms with Gasteiger partial charge in [-0.1, -0.05) is 23.7 Å². The predicted molar refractivity (Wildman–Crippen MR) is 73.7 cm³/mol. The van der Waals surface area contributed by atoms with Crippen LogP contribution in [0.15, 0.2) is 24.3 Å². The number of nitrogens with one attached hydrogen (secondary N) is 1. The molecule has 1 heterocycles. The third-order valence-electron chi connectivity index (χ3n) is 3.11. The summed E-state index contributed by atoms with van der Waals surface area (Å²) in [5.41, 5.74) is 6.48. The van der Waals surface area contributed by atoms with Crippen LogP contribution >= 0.6 is 11.6 Å². The highest BCUT2D eigenvalue weighted by Crippen LogP contribution is 2.20. The average Bonchev–Trinajstić information content (AvgIpc) is 2.76. The van der Waals surface area contributed by atoms with E-state index < -0.39 is 0 Å². The number of hydrogen-bond acceptors (Lipinski definition) is 3. The Morgan fingerprint density at radius 2 is 2.28 bits per heavy atom. The normalized spacial score (nSPS) is 20.0. The van der Waals surface area contributed by atoms with Crippen molar-refractivity contribution >= 4 is 23.2 Å². The van der Waals surface area contributed by atoms with Gasteiger partial charge in [0.25, 0.3) is 0 Å². The molecule has 0 radical (unpaired) electrons. The van der Waals surface area contributed by atoms with Crippen LogP contribution in [0.5, 0.6) is 0 Å². The third-order valence-corrected chi connectivity index (χ3v) is 3.44. The third kappa shape index (κ3) is 3.70. The maximum Gasteiger partial charge on any atom is 0.225 e. The topological polar surface area (TPSA) is 58.4 Å². The fourth-order valence-corrected chi connectivity index (χ4v) is 2.28. The minimum atomic E-state index is -0.0106. The Balaban J connectivity index is 1.77. The molecule has 4 nitrogen and oxygen atoms in total. The van der Waals surface area contributed by atoms with Gasteiger partial charge in [-0.25, -0.2) is 0 Å². The van der Waals surface area contributed by atoms with Crippen LogP contribution in [-0.4, -0.2) is 36.5 Å². The first-order chi connectivity index (χ1) is 8.65. The number of rotatable bonds is 4. The van der Waals surface area contributed by atoms with Crippen molar-refractivity contribution in [3.8, 4) is 0 Å². The van der Waals surface area contributed by atoms with Gasteiger partial charge >= 0.3 is 0 Å². The molecule has 1 aromatic rings. The number of carbonyl (C=O) groups is 1. The van der Waals surface area contributed by atoms with Crippen LogP contribution in [-0.2, 0) is 4.79 Å². The zero-order valence-corrected chi connectivity index (χ0v) is 11.0. The Kier molecular flexibility index (Phi) is 4.58. The summed E-state index contributed by atoms with van der Waals surface area (Å²) in [5.74, 6) is -0.0106. The highest BCUT2D eigenvalue weighted by atomic mass is 35.5. The van der Waals surface area contributed by atoms with Crippen molar-refractivity contribution < 1.29 is 4.79 Å². The molecule has 2 rings (SSSR count). The van der Waals surface area contributed by atoms with Crippen LogP contribution in [0.1, 0.15) is 12.8 Å². The average molecular weight is 268 g/mol. The molecule has 0 aliphatic carbocycles. The van der Waals surface area contributed by atoms with E-state index in [-0.39, 0.29) is 11.9 Å². The predicted octanol–water partition coefficient (Wildman–Crippen LogP) is 1.70. The summed E-state index contributed by atoms with van der Waals surface area (Å²) in [5, 5.41) is 3.38. The van der Waals surface area contributed by atoms with Crippen molar-refractivity contribution in [3.63, 3.8) is 0 Å². The highest BCUT2D eigenvalue weighted by molar-refractivity contribution is 6.33. The van der Waals surface area contributed by atoms with Gasteiger partial charge in [0.05, 0.1) is 10.7 Å². The van der Waals surface area contributed by atoms with Crippen molar-refractivity contribution in [2.75, 3.05) is 25.0 Å². The summed E-state index contributed by atoms with van der Waals surface area (Å²) in [6, 6.07) is 7.50. The van der Waals surface area contributed by atoms with Crippen molar-refractivity contribution in [2.24, 2.45) is 5.73 Å². The molecule has 1 saturated heterocycles. The van der Waals surface area contributed by atoms with Crippen molar-refractivity contribution in [2.45, 2.75) is 18.9 Å². The summed E-state index contributed by atoms with van der Waals surface area (Å²) in [7, 11) is 0. The number of benzene rings is 1. The van der Waals surface area contributed by atoms with E-state index in [1.54, 1.807) is 12.1 Å². The lowest BCUT2D eigenvalue weighted by Crippen LogP contribution is -2.29. The van der Waals surface area contributed by atoms with Gasteiger partial charge in [-0.2, -0.15) is 0 Å². The molecule has 98 valence electrons. The highest BCUT2D eigenvalue weighted by Gasteiger charge is 2.19. The monoisotopic (exact) mass is 267 g/mol. The molecule has 3 N–H and O–H groups in total. The molecule has 0 saturated carbocycles. The van der Waals surface area contributed by atoms with Gasteiger partial charge in [-0.05, 0) is 25.1 Å². The fraction of sp³-hybridized carbons (Fsp3) is 0.462. The molecule has 1 aliphatic heterocycles. The number of amides is 1. The molecule has 5 heteroatoms. The Bertz CT molecular complexity index is 424. The lowest BCUT2D eigenvalue weighted by molar-refractivity contribution is -0.116. The van der Waals surface area contributed by atoms with Crippen molar-refractivity contribution in [1.29, 1.82) is 0 Å². The maximum atomic E-state index is 11.8. The minimum Gasteiger partial charge on any atom is -0.326 e. The number of nitrogens with zero attached hydrogens (tertiary/aromatic N) is 1. The zero-order chi connectivity index (χ0) is 13.0. The standard InChI is InChI=1S/C13H18ClN3O/c14-11-3-1-2-4-12(11)16-13(18)6-8-17-7-5-10(15)9-17/h1-4,10H,5-9,15H2,(H,16,18)/t10-/m0/s1. The second kappa shape index (κ2) is 6.18. The Morgan fingerprint density at radius 1 is 1.50 bits per heavy atom. The molecular weight excluding hydrogens is 250 g/mol. The molecular formula is C13H18ClN3O. The van der Waals surface area contributed by atoms with E-state index in [0.29, 0.717) is 17.1 Å². The fourth-order valence-electron chi connectivity index (χ4n) is 2.10. The molecule has 0 bridgehead atoms. The SMILES string of the molecule is N[C@H]1CCN(CCC(=O)Nc2ccccc2Cl)C1. The van der Waals surface area contributed by atoms with Gasteiger partial charge in [0, 0.05) is 25.6 Å². The number of anilines is 1. The van der Waals surface area contributed by atoms with Gasteiger partial charge in [-0.3, -0.25) is 4.79 Å². The minimum absolute atomic E-state index is 0.0106. The smallest absolute Gasteiger partial charge is 0.225 e. The first-order valence-electron chi connectivity index (χ1n) is 6.17. The van der Waals surface area contributed by atoms with Gasteiger partial charge in [0.2, 0.25) is 5.91 Å². The van der Waals surface area contributed by atoms with Crippen LogP contribution in [0, 0.1) is 0 Å². The summed E-state index contributed by atoms with van der Waals surface area (Å²) in [6.45, 7) is 2.63. The van der Waals surface area contributed by atoms with Crippen LogP contribution < -0.4 is 11.1 Å². The second-order valence-corrected chi connectivity index (χ2v) is 5.03. The maximum absolute atomic E-state index is 11.8.